The van der Waals surface area contributed by atoms with E-state index in [1.54, 1.807) is 30.3 Å². The number of hydrogen-bond donors (Lipinski definition) is 0. The van der Waals surface area contributed by atoms with E-state index in [1.807, 2.05) is 20.8 Å². The third kappa shape index (κ3) is 14.6. The molecule has 2 heterocycles. The van der Waals surface area contributed by atoms with Gasteiger partial charge in [0.05, 0.1) is 31.8 Å². The molecule has 62 heavy (non-hydrogen) atoms. The Balaban J connectivity index is 1.78. The van der Waals surface area contributed by atoms with Crippen molar-refractivity contribution in [3.05, 3.63) is 92.8 Å². The number of anilines is 1. The number of methoxy groups -OCH3 is 1. The maximum atomic E-state index is 14.8. The van der Waals surface area contributed by atoms with Crippen molar-refractivity contribution in [2.75, 3.05) is 51.2 Å². The van der Waals surface area contributed by atoms with Crippen LogP contribution in [-0.2, 0) is 44.1 Å². The van der Waals surface area contributed by atoms with Crippen LogP contribution in [0.5, 0.6) is 23.1 Å². The van der Waals surface area contributed by atoms with Crippen LogP contribution in [0.3, 0.4) is 0 Å². The van der Waals surface area contributed by atoms with E-state index in [9.17, 15) is 38.2 Å². The third-order valence-corrected chi connectivity index (χ3v) is 9.95. The molecule has 0 amide bonds. The normalized spacial score (nSPS) is 11.2. The SMILES string of the molecule is COc1ccccc1Oc1c(OCCOC(=O)CCCCO[N+](=O)[O-])nc(-c2ncccn2)nc1N(COC(=O)OCCCCO[N+](=O)[O-])S(=O)(=O)c1ccc(C(C)(C)C)cc1. The first-order chi connectivity index (χ1) is 29.6. The number of unbranched alkanes of at least 4 members (excludes halogenated alkanes) is 2. The number of nitrogens with zero attached hydrogens (tertiary/aromatic N) is 7. The summed E-state index contributed by atoms with van der Waals surface area (Å²) in [7, 11) is -3.37. The van der Waals surface area contributed by atoms with Crippen molar-refractivity contribution in [3.63, 3.8) is 0 Å². The number of sulfonamides is 1. The lowest BCUT2D eigenvalue weighted by atomic mass is 9.87. The zero-order valence-corrected chi connectivity index (χ0v) is 35.0. The van der Waals surface area contributed by atoms with Crippen LogP contribution in [0, 0.1) is 20.2 Å². The van der Waals surface area contributed by atoms with Gasteiger partial charge < -0.3 is 38.1 Å². The van der Waals surface area contributed by atoms with Crippen LogP contribution in [0.4, 0.5) is 10.6 Å². The average Bonchev–Trinajstić information content (AvgIpc) is 3.24. The van der Waals surface area contributed by atoms with Crippen molar-refractivity contribution in [2.45, 2.75) is 63.2 Å². The summed E-state index contributed by atoms with van der Waals surface area (Å²) >= 11 is 0. The third-order valence-electron chi connectivity index (χ3n) is 8.22. The van der Waals surface area contributed by atoms with E-state index in [2.05, 4.69) is 29.6 Å². The topological polar surface area (TPSA) is 283 Å². The van der Waals surface area contributed by atoms with Crippen LogP contribution in [-0.4, -0.2) is 97.5 Å². The highest BCUT2D eigenvalue weighted by Crippen LogP contribution is 2.43. The number of benzene rings is 2. The molecule has 23 nitrogen and oxygen atoms in total. The number of hydrogen-bond acceptors (Lipinski definition) is 20. The number of rotatable bonds is 25. The Kier molecular flexibility index (Phi) is 17.7. The largest absolute Gasteiger partial charge is 0.510 e. The van der Waals surface area contributed by atoms with Crippen LogP contribution in [0.1, 0.15) is 58.4 Å². The van der Waals surface area contributed by atoms with E-state index in [1.165, 1.54) is 43.8 Å². The Bertz CT molecular complexity index is 2230. The van der Waals surface area contributed by atoms with Gasteiger partial charge in [0.1, 0.15) is 13.2 Å². The molecule has 0 atom stereocenters. The number of ether oxygens (including phenoxy) is 6. The van der Waals surface area contributed by atoms with Gasteiger partial charge in [0.15, 0.2) is 29.9 Å². The highest BCUT2D eigenvalue weighted by Gasteiger charge is 2.35. The summed E-state index contributed by atoms with van der Waals surface area (Å²) in [6.45, 7) is 3.44. The smallest absolute Gasteiger partial charge is 0.493 e. The van der Waals surface area contributed by atoms with E-state index in [4.69, 9.17) is 28.4 Å². The van der Waals surface area contributed by atoms with Gasteiger partial charge in [-0.3, -0.25) is 4.79 Å². The van der Waals surface area contributed by atoms with Crippen LogP contribution in [0.25, 0.3) is 11.6 Å². The van der Waals surface area contributed by atoms with Gasteiger partial charge in [0.2, 0.25) is 11.6 Å². The Labute approximate surface area is 355 Å². The van der Waals surface area contributed by atoms with Gasteiger partial charge >= 0.3 is 12.1 Å². The molecule has 0 spiro atoms. The number of carbonyl (C=O) groups excluding carboxylic acids is 2. The first kappa shape index (κ1) is 47.6. The fraction of sp³-hybridized carbons (Fsp3) is 0.421. The highest BCUT2D eigenvalue weighted by atomic mass is 32.2. The van der Waals surface area contributed by atoms with E-state index >= 15 is 0 Å². The minimum Gasteiger partial charge on any atom is -0.493 e. The average molecular weight is 888 g/mol. The number of carbonyl (C=O) groups is 2. The summed E-state index contributed by atoms with van der Waals surface area (Å²) in [5.74, 6) is -2.07. The van der Waals surface area contributed by atoms with Gasteiger partial charge in [-0.2, -0.15) is 4.98 Å². The fourth-order valence-electron chi connectivity index (χ4n) is 5.13. The van der Waals surface area contributed by atoms with Crippen molar-refractivity contribution in [1.82, 2.24) is 19.9 Å². The van der Waals surface area contributed by atoms with Crippen LogP contribution in [0.15, 0.2) is 71.9 Å². The molecule has 2 aromatic carbocycles. The summed E-state index contributed by atoms with van der Waals surface area (Å²) < 4.78 is 63.7. The van der Waals surface area contributed by atoms with Crippen LogP contribution >= 0.6 is 0 Å². The summed E-state index contributed by atoms with van der Waals surface area (Å²) in [4.78, 5) is 71.8. The number of aromatic nitrogens is 4. The zero-order chi connectivity index (χ0) is 45.1. The predicted molar refractivity (Wildman–Crippen MR) is 214 cm³/mol. The van der Waals surface area contributed by atoms with Gasteiger partial charge in [-0.25, -0.2) is 32.5 Å². The van der Waals surface area contributed by atoms with E-state index < -0.39 is 50.6 Å². The fourth-order valence-corrected chi connectivity index (χ4v) is 6.41. The molecule has 0 saturated carbocycles. The highest BCUT2D eigenvalue weighted by molar-refractivity contribution is 7.92. The van der Waals surface area contributed by atoms with Crippen LogP contribution < -0.4 is 18.5 Å². The molecule has 4 rings (SSSR count). The second-order valence-corrected chi connectivity index (χ2v) is 15.5. The Morgan fingerprint density at radius 2 is 1.37 bits per heavy atom. The predicted octanol–water partition coefficient (Wildman–Crippen LogP) is 5.63. The number of esters is 1. The molecule has 24 heteroatoms. The molecular weight excluding hydrogens is 843 g/mol. The lowest BCUT2D eigenvalue weighted by Crippen LogP contribution is -2.36. The molecule has 0 bridgehead atoms. The van der Waals surface area contributed by atoms with Crippen molar-refractivity contribution >= 4 is 28.0 Å². The Morgan fingerprint density at radius 1 is 0.742 bits per heavy atom. The first-order valence-corrected chi connectivity index (χ1v) is 20.3. The lowest BCUT2D eigenvalue weighted by Gasteiger charge is -2.26. The van der Waals surface area contributed by atoms with Gasteiger partial charge in [0, 0.05) is 18.8 Å². The van der Waals surface area contributed by atoms with Gasteiger partial charge in [0.25, 0.3) is 26.1 Å². The molecule has 2 aromatic heterocycles. The molecule has 0 aliphatic carbocycles. The lowest BCUT2D eigenvalue weighted by molar-refractivity contribution is -0.757. The molecular formula is C38H45N7O16S. The monoisotopic (exact) mass is 887 g/mol. The Morgan fingerprint density at radius 3 is 2.00 bits per heavy atom. The van der Waals surface area contributed by atoms with E-state index in [0.717, 1.165) is 5.56 Å². The molecule has 4 aromatic rings. The molecule has 0 radical (unpaired) electrons. The summed E-state index contributed by atoms with van der Waals surface area (Å²) in [5, 5.41) is 18.9. The molecule has 0 unspecified atom stereocenters. The summed E-state index contributed by atoms with van der Waals surface area (Å²) in [6.07, 6.45) is 2.22. The van der Waals surface area contributed by atoms with Crippen molar-refractivity contribution < 1.29 is 66.3 Å². The van der Waals surface area contributed by atoms with Crippen molar-refractivity contribution in [1.29, 1.82) is 0 Å². The first-order valence-electron chi connectivity index (χ1n) is 18.9. The maximum absolute atomic E-state index is 14.8. The molecule has 0 aliphatic heterocycles. The molecule has 0 saturated heterocycles. The second kappa shape index (κ2) is 23.0. The molecule has 334 valence electrons. The van der Waals surface area contributed by atoms with Crippen molar-refractivity contribution in [2.24, 2.45) is 0 Å². The molecule has 0 aliphatic rings. The zero-order valence-electron chi connectivity index (χ0n) is 34.2. The van der Waals surface area contributed by atoms with Gasteiger partial charge in [-0.15, -0.1) is 20.2 Å². The second-order valence-electron chi connectivity index (χ2n) is 13.7. The Hall–Kier alpha value is -7.11. The minimum atomic E-state index is -4.75. The van der Waals surface area contributed by atoms with Crippen molar-refractivity contribution in [3.8, 4) is 34.8 Å². The maximum Gasteiger partial charge on any atom is 0.510 e. The van der Waals surface area contributed by atoms with Gasteiger partial charge in [-0.05, 0) is 67.0 Å². The summed E-state index contributed by atoms with van der Waals surface area (Å²) in [6, 6.07) is 13.9. The summed E-state index contributed by atoms with van der Waals surface area (Å²) in [5.41, 5.74) is 0.476. The van der Waals surface area contributed by atoms with Gasteiger partial charge in [-0.1, -0.05) is 45.0 Å². The molecule has 0 N–H and O–H groups in total. The quantitative estimate of drug-likeness (QED) is 0.0256. The minimum absolute atomic E-state index is 0.0502. The van der Waals surface area contributed by atoms with E-state index in [0.29, 0.717) is 4.31 Å². The van der Waals surface area contributed by atoms with E-state index in [-0.39, 0.29) is 104 Å². The standard InChI is InChI=1S/C38H45N7O16S/c1-38(2,3)27-15-17-28(18-16-27)62(52,53)43(26-58-37(47)57-21-9-10-23-60-45(50)51)35-32(61-30-13-6-5-12-29(30)54-4)36(42-34(41-35)33-39-19-11-20-40-33)56-25-24-55-31(46)14-7-8-22-59-44(48)49/h5-6,11-13,15-20H,7-10,14,21-26H2,1-4H3. The number of para-hydroxylation sites is 2. The molecule has 0 fully saturated rings. The van der Waals surface area contributed by atoms with Crippen LogP contribution in [0.2, 0.25) is 0 Å².